The number of para-hydroxylation sites is 1. The van der Waals surface area contributed by atoms with E-state index < -0.39 is 10.8 Å². The molecule has 0 saturated carbocycles. The van der Waals surface area contributed by atoms with Crippen LogP contribution in [0.1, 0.15) is 44.5 Å². The van der Waals surface area contributed by atoms with Gasteiger partial charge in [-0.25, -0.2) is 0 Å². The average molecular weight is 878 g/mol. The molecule has 0 saturated heterocycles. The first-order chi connectivity index (χ1) is 34.3. The van der Waals surface area contributed by atoms with Crippen LogP contribution in [0.3, 0.4) is 0 Å². The van der Waals surface area contributed by atoms with E-state index in [4.69, 9.17) is 0 Å². The highest BCUT2D eigenvalue weighted by Crippen LogP contribution is 2.60. The lowest BCUT2D eigenvalue weighted by molar-refractivity contribution is 0.768. The molecule has 0 spiro atoms. The number of hydrogen-bond acceptors (Lipinski definition) is 1. The molecule has 0 radical (unpaired) electrons. The van der Waals surface area contributed by atoms with Crippen molar-refractivity contribution < 1.29 is 0 Å². The van der Waals surface area contributed by atoms with Crippen LogP contribution in [0.2, 0.25) is 0 Å². The second-order valence-electron chi connectivity index (χ2n) is 18.3. The van der Waals surface area contributed by atoms with Crippen molar-refractivity contribution in [3.63, 3.8) is 0 Å². The molecule has 69 heavy (non-hydrogen) atoms. The van der Waals surface area contributed by atoms with Crippen LogP contribution in [0.25, 0.3) is 44.5 Å². The van der Waals surface area contributed by atoms with Gasteiger partial charge < -0.3 is 4.90 Å². The van der Waals surface area contributed by atoms with Crippen molar-refractivity contribution in [3.8, 4) is 44.5 Å². The molecule has 0 N–H and O–H groups in total. The SMILES string of the molecule is c1ccc(-c2ccc(N(c3ccccc3)c3cccc4c3-c3ccccc3C4(c3ccccc3)c3ccccc3)cc2-c2cccc(C3(c4ccccc4)c4ccccc4-c4ccccc43)c2)cc1. The summed E-state index contributed by atoms with van der Waals surface area (Å²) in [5, 5.41) is 0. The molecule has 0 unspecified atom stereocenters. The second kappa shape index (κ2) is 16.5. The minimum Gasteiger partial charge on any atom is -0.310 e. The Labute approximate surface area is 404 Å². The predicted octanol–water partition coefficient (Wildman–Crippen LogP) is 17.2. The Hall–Kier alpha value is -8.78. The fourth-order valence-corrected chi connectivity index (χ4v) is 12.1. The quantitative estimate of drug-likeness (QED) is 0.140. The Balaban J connectivity index is 1.06. The lowest BCUT2D eigenvalue weighted by atomic mass is 9.67. The summed E-state index contributed by atoms with van der Waals surface area (Å²) < 4.78 is 0. The molecule has 0 bridgehead atoms. The molecule has 2 aliphatic carbocycles. The summed E-state index contributed by atoms with van der Waals surface area (Å²) in [5.74, 6) is 0. The lowest BCUT2D eigenvalue weighted by Gasteiger charge is -2.34. The van der Waals surface area contributed by atoms with Crippen molar-refractivity contribution in [1.82, 2.24) is 0 Å². The maximum Gasteiger partial charge on any atom is 0.0714 e. The number of benzene rings is 11. The summed E-state index contributed by atoms with van der Waals surface area (Å²) in [6, 6.07) is 106. The Morgan fingerprint density at radius 2 is 0.652 bits per heavy atom. The molecule has 0 aromatic heterocycles. The van der Waals surface area contributed by atoms with E-state index in [1.807, 2.05) is 0 Å². The van der Waals surface area contributed by atoms with Gasteiger partial charge in [-0.05, 0) is 120 Å². The molecule has 11 aromatic rings. The van der Waals surface area contributed by atoms with Crippen LogP contribution in [0.5, 0.6) is 0 Å². The van der Waals surface area contributed by atoms with E-state index in [0.29, 0.717) is 0 Å². The summed E-state index contributed by atoms with van der Waals surface area (Å²) >= 11 is 0. The molecule has 0 aliphatic heterocycles. The Morgan fingerprint density at radius 1 is 0.232 bits per heavy atom. The van der Waals surface area contributed by atoms with E-state index in [9.17, 15) is 0 Å². The minimum atomic E-state index is -0.526. The first-order valence-electron chi connectivity index (χ1n) is 24.0. The van der Waals surface area contributed by atoms with E-state index in [-0.39, 0.29) is 0 Å². The van der Waals surface area contributed by atoms with Gasteiger partial charge in [-0.1, -0.05) is 249 Å². The van der Waals surface area contributed by atoms with Crippen molar-refractivity contribution in [2.45, 2.75) is 10.8 Å². The second-order valence-corrected chi connectivity index (χ2v) is 18.3. The third-order valence-electron chi connectivity index (χ3n) is 14.8. The molecule has 0 atom stereocenters. The van der Waals surface area contributed by atoms with E-state index in [2.05, 4.69) is 290 Å². The molecule has 1 heteroatoms. The van der Waals surface area contributed by atoms with Crippen LogP contribution in [-0.4, -0.2) is 0 Å². The highest BCUT2D eigenvalue weighted by Gasteiger charge is 2.48. The van der Waals surface area contributed by atoms with E-state index in [1.54, 1.807) is 0 Å². The molecular weight excluding hydrogens is 831 g/mol. The van der Waals surface area contributed by atoms with Crippen molar-refractivity contribution in [1.29, 1.82) is 0 Å². The Kier molecular flexibility index (Phi) is 9.70. The van der Waals surface area contributed by atoms with Gasteiger partial charge in [0.15, 0.2) is 0 Å². The summed E-state index contributed by atoms with van der Waals surface area (Å²) in [5.41, 5.74) is 22.2. The average Bonchev–Trinajstić information content (AvgIpc) is 3.91. The first kappa shape index (κ1) is 40.5. The van der Waals surface area contributed by atoms with Gasteiger partial charge in [-0.15, -0.1) is 0 Å². The third-order valence-corrected chi connectivity index (χ3v) is 14.8. The fourth-order valence-electron chi connectivity index (χ4n) is 12.1. The molecule has 2 aliphatic rings. The predicted molar refractivity (Wildman–Crippen MR) is 287 cm³/mol. The van der Waals surface area contributed by atoms with Crippen molar-refractivity contribution in [3.05, 3.63) is 330 Å². The van der Waals surface area contributed by atoms with Crippen LogP contribution < -0.4 is 4.90 Å². The molecule has 0 amide bonds. The minimum absolute atomic E-state index is 0.521. The van der Waals surface area contributed by atoms with Crippen molar-refractivity contribution >= 4 is 17.1 Å². The van der Waals surface area contributed by atoms with Gasteiger partial charge in [0.1, 0.15) is 0 Å². The van der Waals surface area contributed by atoms with Crippen molar-refractivity contribution in [2.75, 3.05) is 4.90 Å². The molecule has 0 fully saturated rings. The van der Waals surface area contributed by atoms with Gasteiger partial charge in [0.25, 0.3) is 0 Å². The lowest BCUT2D eigenvalue weighted by Crippen LogP contribution is -2.28. The number of anilines is 3. The van der Waals surface area contributed by atoms with Crippen LogP contribution >= 0.6 is 0 Å². The van der Waals surface area contributed by atoms with E-state index in [0.717, 1.165) is 22.6 Å². The highest BCUT2D eigenvalue weighted by molar-refractivity contribution is 5.99. The maximum absolute atomic E-state index is 2.48. The standard InChI is InChI=1S/C68H47N/c1-6-24-48(25-7-1)56-45-44-55(47-60(56)49-26-22-33-53(46-49)68(52-31-12-4-13-32-52)61-39-19-16-36-57(61)58-37-17-20-40-62(58)68)69(54-34-14-5-15-35-54)65-43-23-42-64-66(65)59-38-18-21-41-63(59)67(64,50-27-8-2-9-28-50)51-29-10-3-11-30-51/h1-47H. The Bertz CT molecular complexity index is 3570. The van der Waals surface area contributed by atoms with Crippen molar-refractivity contribution in [2.24, 2.45) is 0 Å². The van der Waals surface area contributed by atoms with Gasteiger partial charge in [-0.3, -0.25) is 0 Å². The zero-order valence-electron chi connectivity index (χ0n) is 38.1. The largest absolute Gasteiger partial charge is 0.310 e. The molecule has 1 nitrogen and oxygen atoms in total. The van der Waals surface area contributed by atoms with E-state index >= 15 is 0 Å². The molecule has 324 valence electrons. The Morgan fingerprint density at radius 3 is 1.23 bits per heavy atom. The molecule has 0 heterocycles. The molecular formula is C68H47N. The fraction of sp³-hybridized carbons (Fsp3) is 0.0294. The summed E-state index contributed by atoms with van der Waals surface area (Å²) in [4.78, 5) is 2.48. The number of hydrogen-bond donors (Lipinski definition) is 0. The zero-order valence-corrected chi connectivity index (χ0v) is 38.1. The van der Waals surface area contributed by atoms with Gasteiger partial charge in [0.05, 0.1) is 16.5 Å². The normalized spacial score (nSPS) is 13.4. The molecule has 13 rings (SSSR count). The van der Waals surface area contributed by atoms with E-state index in [1.165, 1.54) is 83.5 Å². The summed E-state index contributed by atoms with van der Waals surface area (Å²) in [6.45, 7) is 0. The van der Waals surface area contributed by atoms with Crippen LogP contribution in [0.15, 0.2) is 285 Å². The number of rotatable bonds is 9. The van der Waals surface area contributed by atoms with Gasteiger partial charge >= 0.3 is 0 Å². The van der Waals surface area contributed by atoms with Crippen LogP contribution in [0.4, 0.5) is 17.1 Å². The monoisotopic (exact) mass is 877 g/mol. The zero-order chi connectivity index (χ0) is 45.8. The third kappa shape index (κ3) is 6.17. The molecule has 11 aromatic carbocycles. The van der Waals surface area contributed by atoms with Gasteiger partial charge in [0, 0.05) is 16.9 Å². The highest BCUT2D eigenvalue weighted by atomic mass is 15.1. The first-order valence-corrected chi connectivity index (χ1v) is 24.0. The van der Waals surface area contributed by atoms with Gasteiger partial charge in [0.2, 0.25) is 0 Å². The number of nitrogens with zero attached hydrogens (tertiary/aromatic N) is 1. The number of fused-ring (bicyclic) bond motifs is 6. The van der Waals surface area contributed by atoms with Crippen LogP contribution in [0, 0.1) is 0 Å². The summed E-state index contributed by atoms with van der Waals surface area (Å²) in [6.07, 6.45) is 0. The maximum atomic E-state index is 2.48. The van der Waals surface area contributed by atoms with Gasteiger partial charge in [-0.2, -0.15) is 0 Å². The summed E-state index contributed by atoms with van der Waals surface area (Å²) in [7, 11) is 0. The smallest absolute Gasteiger partial charge is 0.0714 e. The topological polar surface area (TPSA) is 3.24 Å². The van der Waals surface area contributed by atoms with Crippen LogP contribution in [-0.2, 0) is 10.8 Å².